The van der Waals surface area contributed by atoms with Crippen LogP contribution in [0.4, 0.5) is 11.4 Å². The Morgan fingerprint density at radius 2 is 1.26 bits per heavy atom. The third-order valence-electron chi connectivity index (χ3n) is 9.34. The number of anilines is 2. The van der Waals surface area contributed by atoms with Gasteiger partial charge in [0, 0.05) is 41.0 Å². The van der Waals surface area contributed by atoms with Crippen LogP contribution in [0.25, 0.3) is 0 Å². The molecule has 3 amide bonds. The molecule has 0 radical (unpaired) electrons. The molecule has 5 aliphatic rings. The Morgan fingerprint density at radius 1 is 0.698 bits per heavy atom. The molecule has 8 heteroatoms. The lowest BCUT2D eigenvalue weighted by molar-refractivity contribution is -0.139. The molecule has 43 heavy (non-hydrogen) atoms. The third-order valence-corrected chi connectivity index (χ3v) is 9.87. The van der Waals surface area contributed by atoms with Crippen molar-refractivity contribution in [3.05, 3.63) is 124 Å². The summed E-state index contributed by atoms with van der Waals surface area (Å²) in [5.41, 5.74) is 5.54. The van der Waals surface area contributed by atoms with Gasteiger partial charge in [0.05, 0.1) is 23.4 Å². The van der Waals surface area contributed by atoms with Gasteiger partial charge in [0.25, 0.3) is 0 Å². The van der Waals surface area contributed by atoms with E-state index in [9.17, 15) is 19.2 Å². The van der Waals surface area contributed by atoms with Gasteiger partial charge in [-0.15, -0.1) is 0 Å². The summed E-state index contributed by atoms with van der Waals surface area (Å²) in [4.78, 5) is 56.9. The standard InChI is InChI=1S/C35H25BrN2O5/c36-20-12-14-21(15-13-20)37-18-19(16-28(37)39)35(42)43-23-7-5-6-22(17-23)38-33(40)31-29-24-8-1-2-9-25(24)30(32(31)34(38)41)27-11-4-3-10-26(27)29/h1-15,17,19,29-32H,16,18H2/t19-,29?,30?,31-,32+/m1/s1. The summed E-state index contributed by atoms with van der Waals surface area (Å²) in [6.45, 7) is 0.218. The number of halogens is 1. The summed E-state index contributed by atoms with van der Waals surface area (Å²) in [5.74, 6) is -2.94. The van der Waals surface area contributed by atoms with E-state index in [2.05, 4.69) is 40.2 Å². The molecule has 7 nitrogen and oxygen atoms in total. The largest absolute Gasteiger partial charge is 0.426 e. The lowest BCUT2D eigenvalue weighted by atomic mass is 9.55. The molecule has 9 rings (SSSR count). The zero-order valence-electron chi connectivity index (χ0n) is 22.9. The van der Waals surface area contributed by atoms with Crippen LogP contribution in [0.1, 0.15) is 40.5 Å². The Kier molecular flexibility index (Phi) is 5.91. The molecule has 4 aromatic carbocycles. The van der Waals surface area contributed by atoms with Crippen molar-refractivity contribution < 1.29 is 23.9 Å². The highest BCUT2D eigenvalue weighted by Crippen LogP contribution is 2.61. The fourth-order valence-corrected chi connectivity index (χ4v) is 7.82. The summed E-state index contributed by atoms with van der Waals surface area (Å²) in [7, 11) is 0. The molecule has 2 aliphatic heterocycles. The summed E-state index contributed by atoms with van der Waals surface area (Å²) < 4.78 is 6.62. The van der Waals surface area contributed by atoms with E-state index >= 15 is 0 Å². The van der Waals surface area contributed by atoms with Crippen LogP contribution < -0.4 is 14.5 Å². The Morgan fingerprint density at radius 3 is 1.81 bits per heavy atom. The summed E-state index contributed by atoms with van der Waals surface area (Å²) in [5, 5.41) is 0. The van der Waals surface area contributed by atoms with Gasteiger partial charge in [-0.1, -0.05) is 70.5 Å². The van der Waals surface area contributed by atoms with Gasteiger partial charge in [0.15, 0.2) is 0 Å². The average molecular weight is 633 g/mol. The van der Waals surface area contributed by atoms with E-state index in [1.807, 2.05) is 48.5 Å². The van der Waals surface area contributed by atoms with Gasteiger partial charge in [0.1, 0.15) is 5.75 Å². The van der Waals surface area contributed by atoms with E-state index in [0.29, 0.717) is 5.69 Å². The van der Waals surface area contributed by atoms with Gasteiger partial charge in [-0.05, 0) is 58.7 Å². The number of esters is 1. The van der Waals surface area contributed by atoms with Crippen molar-refractivity contribution in [2.24, 2.45) is 17.8 Å². The second-order valence-corrected chi connectivity index (χ2v) is 12.5. The predicted molar refractivity (Wildman–Crippen MR) is 163 cm³/mol. The van der Waals surface area contributed by atoms with Gasteiger partial charge in [-0.25, -0.2) is 4.90 Å². The molecular formula is C35H25BrN2O5. The normalized spacial score (nSPS) is 25.0. The predicted octanol–water partition coefficient (Wildman–Crippen LogP) is 5.80. The molecular weight excluding hydrogens is 608 g/mol. The minimum absolute atomic E-state index is 0.0466. The van der Waals surface area contributed by atoms with E-state index in [1.165, 1.54) is 4.90 Å². The van der Waals surface area contributed by atoms with Crippen molar-refractivity contribution in [2.45, 2.75) is 18.3 Å². The first-order valence-corrected chi connectivity index (χ1v) is 15.1. The molecule has 2 fully saturated rings. The van der Waals surface area contributed by atoms with E-state index < -0.39 is 23.7 Å². The van der Waals surface area contributed by atoms with Crippen molar-refractivity contribution in [1.82, 2.24) is 0 Å². The zero-order chi connectivity index (χ0) is 29.4. The van der Waals surface area contributed by atoms with E-state index in [-0.39, 0.29) is 48.3 Å². The minimum atomic E-state index is -0.634. The van der Waals surface area contributed by atoms with Gasteiger partial charge in [-0.2, -0.15) is 0 Å². The third kappa shape index (κ3) is 3.93. The van der Waals surface area contributed by atoms with Crippen molar-refractivity contribution >= 4 is 51.0 Å². The molecule has 3 atom stereocenters. The highest BCUT2D eigenvalue weighted by atomic mass is 79.9. The number of hydrogen-bond donors (Lipinski definition) is 0. The number of imide groups is 1. The molecule has 4 aromatic rings. The maximum absolute atomic E-state index is 14.1. The van der Waals surface area contributed by atoms with Gasteiger partial charge < -0.3 is 9.64 Å². The quantitative estimate of drug-likeness (QED) is 0.161. The Labute approximate surface area is 256 Å². The summed E-state index contributed by atoms with van der Waals surface area (Å²) >= 11 is 3.40. The average Bonchev–Trinajstić information content (AvgIpc) is 3.54. The molecule has 2 bridgehead atoms. The van der Waals surface area contributed by atoms with Crippen molar-refractivity contribution in [1.29, 1.82) is 0 Å². The maximum atomic E-state index is 14.1. The summed E-state index contributed by atoms with van der Waals surface area (Å²) in [6, 6.07) is 30.2. The van der Waals surface area contributed by atoms with E-state index in [4.69, 9.17) is 4.74 Å². The smallest absolute Gasteiger partial charge is 0.316 e. The number of rotatable bonds is 4. The van der Waals surface area contributed by atoms with Crippen LogP contribution in [0.5, 0.6) is 5.75 Å². The van der Waals surface area contributed by atoms with Crippen LogP contribution in [-0.4, -0.2) is 30.2 Å². The first-order valence-electron chi connectivity index (χ1n) is 14.3. The monoisotopic (exact) mass is 632 g/mol. The van der Waals surface area contributed by atoms with Gasteiger partial charge in [-0.3, -0.25) is 19.2 Å². The van der Waals surface area contributed by atoms with Crippen molar-refractivity contribution in [3.63, 3.8) is 0 Å². The Bertz CT molecular complexity index is 1740. The Hall–Kier alpha value is -4.56. The zero-order valence-corrected chi connectivity index (χ0v) is 24.4. The fourth-order valence-electron chi connectivity index (χ4n) is 7.55. The number of ether oxygens (including phenoxy) is 1. The Balaban J connectivity index is 1.06. The number of carbonyl (C=O) groups is 4. The maximum Gasteiger partial charge on any atom is 0.316 e. The van der Waals surface area contributed by atoms with Crippen LogP contribution in [0.15, 0.2) is 102 Å². The molecule has 0 unspecified atom stereocenters. The SMILES string of the molecule is O=C(Oc1cccc(N2C(=O)[C@@H]3C4c5ccccc5C(c5ccccc54)[C@@H]3C2=O)c1)[C@@H]1CC(=O)N(c2ccc(Br)cc2)C1. The number of nitrogens with zero attached hydrogens (tertiary/aromatic N) is 2. The van der Waals surface area contributed by atoms with Crippen molar-refractivity contribution in [3.8, 4) is 5.75 Å². The first kappa shape index (κ1) is 26.1. The minimum Gasteiger partial charge on any atom is -0.426 e. The van der Waals surface area contributed by atoms with Gasteiger partial charge in [0.2, 0.25) is 17.7 Å². The lowest BCUT2D eigenvalue weighted by Crippen LogP contribution is -2.41. The molecule has 0 saturated carbocycles. The van der Waals surface area contributed by atoms with Crippen LogP contribution in [0.2, 0.25) is 0 Å². The highest BCUT2D eigenvalue weighted by molar-refractivity contribution is 9.10. The molecule has 0 aromatic heterocycles. The van der Waals surface area contributed by atoms with Crippen LogP contribution >= 0.6 is 15.9 Å². The van der Waals surface area contributed by atoms with E-state index in [0.717, 1.165) is 32.4 Å². The number of carbonyl (C=O) groups excluding carboxylic acids is 4. The first-order chi connectivity index (χ1) is 20.9. The second kappa shape index (κ2) is 9.74. The van der Waals surface area contributed by atoms with Crippen LogP contribution in [0.3, 0.4) is 0 Å². The highest BCUT2D eigenvalue weighted by Gasteiger charge is 2.61. The lowest BCUT2D eigenvalue weighted by Gasteiger charge is -2.45. The van der Waals surface area contributed by atoms with Gasteiger partial charge >= 0.3 is 5.97 Å². The number of hydrogen-bond acceptors (Lipinski definition) is 5. The molecule has 0 N–H and O–H groups in total. The number of benzene rings is 4. The summed E-state index contributed by atoms with van der Waals surface area (Å²) in [6.07, 6.45) is 0.0466. The second-order valence-electron chi connectivity index (χ2n) is 11.6. The topological polar surface area (TPSA) is 84.0 Å². The van der Waals surface area contributed by atoms with Crippen LogP contribution in [0, 0.1) is 17.8 Å². The van der Waals surface area contributed by atoms with Crippen LogP contribution in [-0.2, 0) is 19.2 Å². The van der Waals surface area contributed by atoms with Crippen molar-refractivity contribution in [2.75, 3.05) is 16.3 Å². The molecule has 0 spiro atoms. The molecule has 3 aliphatic carbocycles. The molecule has 2 heterocycles. The number of amides is 3. The molecule has 2 saturated heterocycles. The fraction of sp³-hybridized carbons (Fsp3) is 0.200. The van der Waals surface area contributed by atoms with E-state index in [1.54, 1.807) is 29.2 Å². The molecule has 212 valence electrons.